The third kappa shape index (κ3) is 2.08. The summed E-state index contributed by atoms with van der Waals surface area (Å²) >= 11 is 10.9. The molecule has 1 rings (SSSR count). The van der Waals surface area contributed by atoms with Crippen LogP contribution in [0.4, 0.5) is 0 Å². The summed E-state index contributed by atoms with van der Waals surface area (Å²) in [5, 5.41) is 0. The van der Waals surface area contributed by atoms with Crippen LogP contribution in [0.5, 0.6) is 0 Å². The highest BCUT2D eigenvalue weighted by molar-refractivity contribution is 7.53. The van der Waals surface area contributed by atoms with E-state index in [0.717, 1.165) is 0 Å². The van der Waals surface area contributed by atoms with E-state index >= 15 is 0 Å². The van der Waals surface area contributed by atoms with E-state index in [1.54, 1.807) is 0 Å². The van der Waals surface area contributed by atoms with Crippen molar-refractivity contribution in [3.63, 3.8) is 0 Å². The van der Waals surface area contributed by atoms with Crippen molar-refractivity contribution in [2.24, 2.45) is 0 Å². The number of halogens is 2. The van der Waals surface area contributed by atoms with Crippen molar-refractivity contribution in [1.29, 1.82) is 0 Å². The highest BCUT2D eigenvalue weighted by atomic mass is 35.5. The summed E-state index contributed by atoms with van der Waals surface area (Å²) in [5.41, 5.74) is -1.10. The molecule has 0 aromatic heterocycles. The van der Waals surface area contributed by atoms with E-state index in [9.17, 15) is 4.57 Å². The van der Waals surface area contributed by atoms with E-state index in [2.05, 4.69) is 0 Å². The van der Waals surface area contributed by atoms with Crippen LogP contribution in [0.1, 0.15) is 6.42 Å². The standard InChI is InChI=1S/C4H7Cl2O4P/c5-4(6)3(1-2-10-4)11(7,8)9/h3H,1-2H2,(H2,7,8,9). The van der Waals surface area contributed by atoms with Gasteiger partial charge in [0.25, 0.3) is 0 Å². The molecule has 1 saturated heterocycles. The third-order valence-corrected chi connectivity index (χ3v) is 3.96. The predicted octanol–water partition coefficient (Wildman–Crippen LogP) is 1.08. The first-order chi connectivity index (χ1) is 4.84. The minimum atomic E-state index is -4.22. The van der Waals surface area contributed by atoms with Crippen molar-refractivity contribution in [3.05, 3.63) is 0 Å². The van der Waals surface area contributed by atoms with Crippen molar-refractivity contribution in [2.45, 2.75) is 16.6 Å². The summed E-state index contributed by atoms with van der Waals surface area (Å²) < 4.78 is 13.7. The van der Waals surface area contributed by atoms with Crippen LogP contribution in [0.25, 0.3) is 0 Å². The minimum Gasteiger partial charge on any atom is -0.346 e. The Hall–Kier alpha value is 0.690. The fourth-order valence-corrected chi connectivity index (χ4v) is 2.98. The van der Waals surface area contributed by atoms with Gasteiger partial charge in [0.15, 0.2) is 0 Å². The number of rotatable bonds is 1. The average molecular weight is 221 g/mol. The van der Waals surface area contributed by atoms with E-state index in [1.165, 1.54) is 0 Å². The summed E-state index contributed by atoms with van der Waals surface area (Å²) in [6.07, 6.45) is 0.192. The van der Waals surface area contributed by atoms with Gasteiger partial charge in [-0.25, -0.2) is 0 Å². The summed E-state index contributed by atoms with van der Waals surface area (Å²) in [4.78, 5) is 17.4. The van der Waals surface area contributed by atoms with Crippen LogP contribution < -0.4 is 0 Å². The molecule has 0 radical (unpaired) electrons. The Morgan fingerprint density at radius 1 is 1.55 bits per heavy atom. The Bertz CT molecular complexity index is 200. The van der Waals surface area contributed by atoms with Gasteiger partial charge in [0.2, 0.25) is 4.52 Å². The second-order valence-electron chi connectivity index (χ2n) is 2.30. The Morgan fingerprint density at radius 3 is 2.27 bits per heavy atom. The molecule has 0 amide bonds. The van der Waals surface area contributed by atoms with E-state index in [0.29, 0.717) is 0 Å². The number of alkyl halides is 2. The molecule has 66 valence electrons. The molecule has 0 aromatic rings. The summed E-state index contributed by atoms with van der Waals surface area (Å²) in [5.74, 6) is 0. The zero-order valence-electron chi connectivity index (χ0n) is 5.41. The monoisotopic (exact) mass is 220 g/mol. The molecule has 0 aliphatic carbocycles. The molecule has 1 heterocycles. The first kappa shape index (κ1) is 9.78. The molecule has 1 unspecified atom stereocenters. The second-order valence-corrected chi connectivity index (χ2v) is 5.42. The Kier molecular flexibility index (Phi) is 2.55. The van der Waals surface area contributed by atoms with Gasteiger partial charge in [-0.15, -0.1) is 0 Å². The van der Waals surface area contributed by atoms with Gasteiger partial charge in [-0.2, -0.15) is 0 Å². The molecule has 0 aromatic carbocycles. The summed E-state index contributed by atoms with van der Waals surface area (Å²) in [6.45, 7) is 0.183. The summed E-state index contributed by atoms with van der Waals surface area (Å²) in [7, 11) is -4.22. The van der Waals surface area contributed by atoms with Crippen molar-refractivity contribution >= 4 is 30.8 Å². The Morgan fingerprint density at radius 2 is 2.09 bits per heavy atom. The number of hydrogen-bond acceptors (Lipinski definition) is 2. The first-order valence-electron chi connectivity index (χ1n) is 2.91. The van der Waals surface area contributed by atoms with Crippen LogP contribution in [0.3, 0.4) is 0 Å². The molecule has 1 atom stereocenters. The van der Waals surface area contributed by atoms with Crippen molar-refractivity contribution in [3.8, 4) is 0 Å². The summed E-state index contributed by atoms with van der Waals surface area (Å²) in [6, 6.07) is 0. The lowest BCUT2D eigenvalue weighted by Crippen LogP contribution is -2.26. The second kappa shape index (κ2) is 2.87. The molecular formula is C4H7Cl2O4P. The van der Waals surface area contributed by atoms with Gasteiger partial charge in [0, 0.05) is 0 Å². The molecular weight excluding hydrogens is 214 g/mol. The maximum atomic E-state index is 10.7. The van der Waals surface area contributed by atoms with Gasteiger partial charge in [0.05, 0.1) is 6.61 Å². The third-order valence-electron chi connectivity index (χ3n) is 1.48. The van der Waals surface area contributed by atoms with Gasteiger partial charge in [0.1, 0.15) is 5.66 Å². The molecule has 4 nitrogen and oxygen atoms in total. The largest absolute Gasteiger partial charge is 0.346 e. The van der Waals surface area contributed by atoms with E-state index in [1.807, 2.05) is 0 Å². The van der Waals surface area contributed by atoms with Crippen LogP contribution >= 0.6 is 30.8 Å². The fourth-order valence-electron chi connectivity index (χ4n) is 0.935. The molecule has 11 heavy (non-hydrogen) atoms. The SMILES string of the molecule is O=P(O)(O)C1CCOC1(Cl)Cl. The highest BCUT2D eigenvalue weighted by Crippen LogP contribution is 2.55. The van der Waals surface area contributed by atoms with Gasteiger partial charge in [-0.3, -0.25) is 4.57 Å². The van der Waals surface area contributed by atoms with Crippen LogP contribution in [-0.4, -0.2) is 26.6 Å². The van der Waals surface area contributed by atoms with Crippen LogP contribution in [-0.2, 0) is 9.30 Å². The fraction of sp³-hybridized carbons (Fsp3) is 1.00. The van der Waals surface area contributed by atoms with Crippen LogP contribution in [0, 0.1) is 0 Å². The minimum absolute atomic E-state index is 0.183. The lowest BCUT2D eigenvalue weighted by atomic mass is 10.4. The van der Waals surface area contributed by atoms with Gasteiger partial charge in [-0.05, 0) is 6.42 Å². The maximum Gasteiger partial charge on any atom is 0.334 e. The molecule has 1 aliphatic heterocycles. The van der Waals surface area contributed by atoms with Crippen LogP contribution in [0.2, 0.25) is 0 Å². The van der Waals surface area contributed by atoms with Crippen molar-refractivity contribution in [2.75, 3.05) is 6.61 Å². The van der Waals surface area contributed by atoms with Gasteiger partial charge >= 0.3 is 7.60 Å². The molecule has 7 heteroatoms. The van der Waals surface area contributed by atoms with Gasteiger partial charge in [-0.1, -0.05) is 23.2 Å². The topological polar surface area (TPSA) is 66.8 Å². The van der Waals surface area contributed by atoms with Crippen LogP contribution in [0.15, 0.2) is 0 Å². The Labute approximate surface area is 73.6 Å². The highest BCUT2D eigenvalue weighted by Gasteiger charge is 2.50. The number of ether oxygens (including phenoxy) is 1. The quantitative estimate of drug-likeness (QED) is 0.513. The van der Waals surface area contributed by atoms with E-state index < -0.39 is 17.8 Å². The predicted molar refractivity (Wildman–Crippen MR) is 40.8 cm³/mol. The molecule has 0 saturated carbocycles. The lowest BCUT2D eigenvalue weighted by Gasteiger charge is -2.20. The molecule has 1 fully saturated rings. The smallest absolute Gasteiger partial charge is 0.334 e. The lowest BCUT2D eigenvalue weighted by molar-refractivity contribution is 0.136. The molecule has 0 spiro atoms. The first-order valence-corrected chi connectivity index (χ1v) is 5.35. The average Bonchev–Trinajstić information content (AvgIpc) is 2.06. The van der Waals surface area contributed by atoms with E-state index in [-0.39, 0.29) is 13.0 Å². The molecule has 1 aliphatic rings. The van der Waals surface area contributed by atoms with Crippen molar-refractivity contribution < 1.29 is 19.1 Å². The van der Waals surface area contributed by atoms with E-state index in [4.69, 9.17) is 37.7 Å². The molecule has 0 bridgehead atoms. The normalized spacial score (nSPS) is 30.7. The van der Waals surface area contributed by atoms with Crippen molar-refractivity contribution in [1.82, 2.24) is 0 Å². The zero-order valence-corrected chi connectivity index (χ0v) is 7.81. The number of hydrogen-bond donors (Lipinski definition) is 2. The molecule has 2 N–H and O–H groups in total. The maximum absolute atomic E-state index is 10.7. The van der Waals surface area contributed by atoms with Gasteiger partial charge < -0.3 is 14.5 Å². The Balaban J connectivity index is 2.81. The zero-order chi connectivity index (χ0) is 8.70.